The minimum absolute atomic E-state index is 0.664. The van der Waals surface area contributed by atoms with Gasteiger partial charge in [0.25, 0.3) is 0 Å². The summed E-state index contributed by atoms with van der Waals surface area (Å²) in [7, 11) is 2.20. The number of hydrogen-bond donors (Lipinski definition) is 0. The van der Waals surface area contributed by atoms with Gasteiger partial charge in [-0.05, 0) is 0 Å². The van der Waals surface area contributed by atoms with Crippen molar-refractivity contribution in [1.82, 2.24) is 4.90 Å². The first-order valence-corrected chi connectivity index (χ1v) is 10.9. The molecule has 0 aromatic heterocycles. The second kappa shape index (κ2) is 6.32. The predicted molar refractivity (Wildman–Crippen MR) is 50.1 cm³/mol. The van der Waals surface area contributed by atoms with Crippen molar-refractivity contribution in [2.24, 2.45) is 0 Å². The van der Waals surface area contributed by atoms with Gasteiger partial charge in [0.1, 0.15) is 0 Å². The van der Waals surface area contributed by atoms with Gasteiger partial charge >= 0.3 is 70.5 Å². The molecule has 0 rings (SSSR count). The van der Waals surface area contributed by atoms with Crippen LogP contribution in [-0.2, 0) is 0 Å². The summed E-state index contributed by atoms with van der Waals surface area (Å²) >= 11 is -0.664. The third-order valence-electron chi connectivity index (χ3n) is 1.86. The number of hydrogen-bond acceptors (Lipinski definition) is 1. The quantitative estimate of drug-likeness (QED) is 0.614. The van der Waals surface area contributed by atoms with Crippen molar-refractivity contribution in [3.63, 3.8) is 0 Å². The summed E-state index contributed by atoms with van der Waals surface area (Å²) in [4.78, 5) is 3.95. The molecule has 1 nitrogen and oxygen atoms in total. The second-order valence-corrected chi connectivity index (χ2v) is 10.5. The van der Waals surface area contributed by atoms with Crippen molar-refractivity contribution in [2.75, 3.05) is 20.1 Å². The van der Waals surface area contributed by atoms with E-state index in [-0.39, 0.29) is 0 Å². The molecule has 0 aromatic rings. The van der Waals surface area contributed by atoms with Gasteiger partial charge in [0.05, 0.1) is 0 Å². The van der Waals surface area contributed by atoms with Crippen LogP contribution in [0.25, 0.3) is 0 Å². The summed E-state index contributed by atoms with van der Waals surface area (Å²) in [5, 5.41) is 0. The average molecular weight is 200 g/mol. The van der Waals surface area contributed by atoms with Crippen LogP contribution >= 0.6 is 0 Å². The molecular weight excluding hydrogens is 180 g/mol. The Morgan fingerprint density at radius 3 is 2.30 bits per heavy atom. The molecule has 0 saturated heterocycles. The predicted octanol–water partition coefficient (Wildman–Crippen LogP) is 2.08. The summed E-state index contributed by atoms with van der Waals surface area (Å²) in [6, 6.07) is 0. The van der Waals surface area contributed by atoms with Crippen LogP contribution in [-0.4, -0.2) is 41.3 Å². The molecule has 0 fully saturated rings. The third-order valence-corrected chi connectivity index (χ3v) is 5.14. The van der Waals surface area contributed by atoms with E-state index >= 15 is 0 Å². The maximum absolute atomic E-state index is 2.47. The molecule has 0 aliphatic rings. The van der Waals surface area contributed by atoms with Crippen molar-refractivity contribution < 1.29 is 0 Å². The van der Waals surface area contributed by atoms with E-state index < -0.39 is 16.2 Å². The van der Waals surface area contributed by atoms with E-state index in [2.05, 4.69) is 29.8 Å². The molecule has 60 valence electrons. The molecule has 0 aromatic carbocycles. The summed E-state index contributed by atoms with van der Waals surface area (Å²) in [5.41, 5.74) is 4.94. The van der Waals surface area contributed by atoms with Crippen LogP contribution in [0.1, 0.15) is 13.3 Å². The average Bonchev–Trinajstić information content (AvgIpc) is 1.87. The Kier molecular flexibility index (Phi) is 6.69. The van der Waals surface area contributed by atoms with Crippen molar-refractivity contribution in [3.8, 4) is 0 Å². The van der Waals surface area contributed by atoms with E-state index in [4.69, 9.17) is 0 Å². The standard InChI is InChI=1S/C6H14N.2CH3.Ga/c1-4-6-7(3)5-2;;;/h1,4-6H2,2-3H3;2*1H3;. The Bertz CT molecular complexity index is 73.7. The van der Waals surface area contributed by atoms with E-state index in [1.807, 2.05) is 0 Å². The van der Waals surface area contributed by atoms with Gasteiger partial charge in [-0.15, -0.1) is 0 Å². The molecule has 0 amide bonds. The van der Waals surface area contributed by atoms with Crippen LogP contribution in [0, 0.1) is 0 Å². The normalized spacial score (nSPS) is 10.5. The van der Waals surface area contributed by atoms with Crippen LogP contribution in [0.5, 0.6) is 0 Å². The minimum atomic E-state index is -0.664. The first-order chi connectivity index (χ1) is 4.66. The second-order valence-electron chi connectivity index (χ2n) is 3.43. The Labute approximate surface area is 70.8 Å². The summed E-state index contributed by atoms with van der Waals surface area (Å²) in [5.74, 6) is 0. The molecule has 0 aliphatic carbocycles. The van der Waals surface area contributed by atoms with Crippen LogP contribution < -0.4 is 0 Å². The van der Waals surface area contributed by atoms with Gasteiger partial charge in [0.15, 0.2) is 0 Å². The molecule has 0 radical (unpaired) electrons. The van der Waals surface area contributed by atoms with Gasteiger partial charge in [-0.25, -0.2) is 0 Å². The summed E-state index contributed by atoms with van der Waals surface area (Å²) in [6.07, 6.45) is 1.43. The molecule has 0 heterocycles. The van der Waals surface area contributed by atoms with Gasteiger partial charge < -0.3 is 0 Å². The fraction of sp³-hybridized carbons (Fsp3) is 1.00. The molecular formula is C8H20GaN. The van der Waals surface area contributed by atoms with Gasteiger partial charge in [0.2, 0.25) is 0 Å². The van der Waals surface area contributed by atoms with Gasteiger partial charge in [-0.2, -0.15) is 0 Å². The van der Waals surface area contributed by atoms with E-state index in [9.17, 15) is 0 Å². The zero-order chi connectivity index (χ0) is 7.98. The molecule has 0 bridgehead atoms. The zero-order valence-corrected chi connectivity index (χ0v) is 10.3. The molecule has 0 N–H and O–H groups in total. The Morgan fingerprint density at radius 2 is 1.90 bits per heavy atom. The monoisotopic (exact) mass is 199 g/mol. The first kappa shape index (κ1) is 10.6. The van der Waals surface area contributed by atoms with Crippen molar-refractivity contribution in [3.05, 3.63) is 0 Å². The number of rotatable bonds is 5. The van der Waals surface area contributed by atoms with Crippen LogP contribution in [0.4, 0.5) is 0 Å². The Balaban J connectivity index is 3.03. The van der Waals surface area contributed by atoms with Crippen LogP contribution in [0.2, 0.25) is 15.9 Å². The maximum atomic E-state index is 2.47. The van der Waals surface area contributed by atoms with E-state index in [1.54, 1.807) is 4.98 Å². The Hall–Kier alpha value is 0.596. The molecule has 0 spiro atoms. The topological polar surface area (TPSA) is 3.24 Å². The van der Waals surface area contributed by atoms with Crippen molar-refractivity contribution in [2.45, 2.75) is 29.3 Å². The first-order valence-electron chi connectivity index (χ1n) is 4.35. The molecule has 0 saturated carbocycles. The van der Waals surface area contributed by atoms with Crippen LogP contribution in [0.3, 0.4) is 0 Å². The van der Waals surface area contributed by atoms with Crippen molar-refractivity contribution >= 4 is 16.2 Å². The summed E-state index contributed by atoms with van der Waals surface area (Å²) in [6.45, 7) is 4.72. The SMILES string of the molecule is CCN(C)CC[CH2][Ga]([CH3])[CH3]. The Morgan fingerprint density at radius 1 is 1.30 bits per heavy atom. The van der Waals surface area contributed by atoms with Gasteiger partial charge in [0, 0.05) is 0 Å². The molecule has 0 atom stereocenters. The van der Waals surface area contributed by atoms with E-state index in [1.165, 1.54) is 19.5 Å². The molecule has 2 heteroatoms. The van der Waals surface area contributed by atoms with Crippen molar-refractivity contribution in [1.29, 1.82) is 0 Å². The fourth-order valence-corrected chi connectivity index (χ4v) is 3.02. The number of nitrogens with zero attached hydrogens (tertiary/aromatic N) is 1. The molecule has 0 unspecified atom stereocenters. The van der Waals surface area contributed by atoms with Gasteiger partial charge in [-0.1, -0.05) is 0 Å². The molecule has 0 aliphatic heterocycles. The fourth-order valence-electron chi connectivity index (χ4n) is 0.928. The zero-order valence-electron chi connectivity index (χ0n) is 7.85. The molecule has 10 heavy (non-hydrogen) atoms. The summed E-state index contributed by atoms with van der Waals surface area (Å²) < 4.78 is 0. The van der Waals surface area contributed by atoms with Crippen LogP contribution in [0.15, 0.2) is 0 Å². The van der Waals surface area contributed by atoms with Gasteiger partial charge in [-0.3, -0.25) is 0 Å². The third kappa shape index (κ3) is 6.71. The van der Waals surface area contributed by atoms with E-state index in [0.29, 0.717) is 0 Å². The van der Waals surface area contributed by atoms with E-state index in [0.717, 1.165) is 0 Å².